The fourth-order valence-corrected chi connectivity index (χ4v) is 10.4. The fourth-order valence-electron chi connectivity index (χ4n) is 9.64. The van der Waals surface area contributed by atoms with Crippen molar-refractivity contribution in [2.75, 3.05) is 62.0 Å². The number of anilines is 3. The molecule has 0 radical (unpaired) electrons. The first kappa shape index (κ1) is 40.4. The second-order valence-electron chi connectivity index (χ2n) is 17.4. The number of rotatable bonds is 11. The van der Waals surface area contributed by atoms with E-state index in [9.17, 15) is 8.78 Å². The standard InChI is InChI=1S/C41H54F4N12OS/c1-24-15-30(57(53-24)39-49-33(26(3)55-11-13-58-14-12-55)19-34(51-39)47-28-5-8-40(42,43)9-6-28)17-27-16-29(7-10-41(27,44)45)48-35-20-36(56-22-31-18-32(56)21-54(31)4)52-37(50-35)38-46-25(2)23-59-38/h15,19-20,23,26-29,31-32H,5-14,16-18,21-22H2,1-4H3,(H,47,49,51)(H,48,50,52). The highest BCUT2D eigenvalue weighted by Gasteiger charge is 2.46. The number of halogens is 4. The maximum absolute atomic E-state index is 16.0. The quantitative estimate of drug-likeness (QED) is 0.152. The molecule has 7 heterocycles. The Balaban J connectivity index is 0.976. The predicted octanol–water partition coefficient (Wildman–Crippen LogP) is 6.93. The Hall–Kier alpha value is -4.00. The van der Waals surface area contributed by atoms with Gasteiger partial charge in [-0.25, -0.2) is 42.2 Å². The van der Waals surface area contributed by atoms with Gasteiger partial charge in [0, 0.05) is 110 Å². The van der Waals surface area contributed by atoms with Gasteiger partial charge in [-0.3, -0.25) is 9.80 Å². The number of likely N-dealkylation sites (tertiary alicyclic amines) is 1. The zero-order valence-electron chi connectivity index (χ0n) is 34.2. The molecule has 2 saturated carbocycles. The predicted molar refractivity (Wildman–Crippen MR) is 219 cm³/mol. The SMILES string of the molecule is Cc1csc(-c2nc(NC3CCC(F)(F)C(Cc4cc(C)nn4-c4nc(NC5CCC(F)(F)CC5)cc(C(C)N5CCOCC5)n4)C3)cc(N3CC4CC3CN4C)n2)n1. The summed E-state index contributed by atoms with van der Waals surface area (Å²) in [5.74, 6) is -3.79. The highest BCUT2D eigenvalue weighted by atomic mass is 32.1. The molecule has 2 N–H and O–H groups in total. The van der Waals surface area contributed by atoms with E-state index in [-0.39, 0.29) is 56.2 Å². The number of hydrogen-bond donors (Lipinski definition) is 2. The van der Waals surface area contributed by atoms with Gasteiger partial charge in [-0.05, 0) is 72.4 Å². The number of ether oxygens (including phenoxy) is 1. The van der Waals surface area contributed by atoms with Gasteiger partial charge in [0.05, 0.1) is 24.6 Å². The van der Waals surface area contributed by atoms with Crippen molar-refractivity contribution in [3.63, 3.8) is 0 Å². The van der Waals surface area contributed by atoms with Crippen molar-refractivity contribution < 1.29 is 22.3 Å². The van der Waals surface area contributed by atoms with Gasteiger partial charge in [-0.15, -0.1) is 11.3 Å². The average Bonchev–Trinajstić information content (AvgIpc) is 4.01. The Morgan fingerprint density at radius 1 is 0.847 bits per heavy atom. The van der Waals surface area contributed by atoms with E-state index in [0.717, 1.165) is 54.8 Å². The van der Waals surface area contributed by atoms with Gasteiger partial charge in [0.2, 0.25) is 5.92 Å². The van der Waals surface area contributed by atoms with E-state index in [0.29, 0.717) is 73.4 Å². The van der Waals surface area contributed by atoms with E-state index >= 15 is 8.78 Å². The number of likely N-dealkylation sites (N-methyl/N-ethyl adjacent to an activating group) is 1. The number of nitrogens with one attached hydrogen (secondary N) is 2. The zero-order chi connectivity index (χ0) is 41.1. The second kappa shape index (κ2) is 16.1. The Bertz CT molecular complexity index is 2110. The molecule has 59 heavy (non-hydrogen) atoms. The van der Waals surface area contributed by atoms with Gasteiger partial charge in [0.25, 0.3) is 11.9 Å². The molecule has 0 amide bonds. The largest absolute Gasteiger partial charge is 0.379 e. The number of morpholine rings is 1. The summed E-state index contributed by atoms with van der Waals surface area (Å²) >= 11 is 1.50. The average molecular weight is 839 g/mol. The van der Waals surface area contributed by atoms with Crippen molar-refractivity contribution in [2.45, 2.75) is 121 Å². The van der Waals surface area contributed by atoms with Gasteiger partial charge in [0.15, 0.2) is 10.8 Å². The van der Waals surface area contributed by atoms with Crippen LogP contribution in [0.2, 0.25) is 0 Å². The Labute approximate surface area is 346 Å². The van der Waals surface area contributed by atoms with Gasteiger partial charge in [-0.1, -0.05) is 0 Å². The lowest BCUT2D eigenvalue weighted by atomic mass is 9.80. The third kappa shape index (κ3) is 8.77. The lowest BCUT2D eigenvalue weighted by Gasteiger charge is -2.37. The number of aryl methyl sites for hydroxylation is 2. The molecule has 2 bridgehead atoms. The molecule has 4 aromatic heterocycles. The van der Waals surface area contributed by atoms with E-state index < -0.39 is 17.8 Å². The van der Waals surface area contributed by atoms with E-state index in [1.807, 2.05) is 37.4 Å². The molecule has 0 spiro atoms. The first-order chi connectivity index (χ1) is 28.2. The van der Waals surface area contributed by atoms with Gasteiger partial charge < -0.3 is 20.3 Å². The van der Waals surface area contributed by atoms with Crippen LogP contribution >= 0.6 is 11.3 Å². The van der Waals surface area contributed by atoms with E-state index in [2.05, 4.69) is 44.3 Å². The van der Waals surface area contributed by atoms with Crippen molar-refractivity contribution in [3.8, 4) is 16.8 Å². The van der Waals surface area contributed by atoms with Gasteiger partial charge in [-0.2, -0.15) is 10.1 Å². The topological polar surface area (TPSA) is 125 Å². The Morgan fingerprint density at radius 2 is 1.59 bits per heavy atom. The molecule has 9 rings (SSSR count). The van der Waals surface area contributed by atoms with E-state index in [4.69, 9.17) is 29.8 Å². The third-order valence-electron chi connectivity index (χ3n) is 13.1. The summed E-state index contributed by atoms with van der Waals surface area (Å²) in [6.45, 7) is 10.4. The minimum absolute atomic E-state index is 0.0577. The van der Waals surface area contributed by atoms with Crippen LogP contribution in [0.15, 0.2) is 23.6 Å². The Kier molecular flexibility index (Phi) is 11.0. The minimum atomic E-state index is -2.91. The number of fused-ring (bicyclic) bond motifs is 2. The van der Waals surface area contributed by atoms with Crippen molar-refractivity contribution in [3.05, 3.63) is 46.4 Å². The highest BCUT2D eigenvalue weighted by Crippen LogP contribution is 2.42. The van der Waals surface area contributed by atoms with Gasteiger partial charge >= 0.3 is 0 Å². The van der Waals surface area contributed by atoms with Crippen molar-refractivity contribution in [1.82, 2.24) is 44.5 Å². The van der Waals surface area contributed by atoms with E-state index in [1.54, 1.807) is 4.68 Å². The summed E-state index contributed by atoms with van der Waals surface area (Å²) in [6.07, 6.45) is 1.66. The highest BCUT2D eigenvalue weighted by molar-refractivity contribution is 7.13. The summed E-state index contributed by atoms with van der Waals surface area (Å²) in [5.41, 5.74) is 2.88. The van der Waals surface area contributed by atoms with Crippen LogP contribution in [0.5, 0.6) is 0 Å². The van der Waals surface area contributed by atoms with Crippen LogP contribution in [0.4, 0.5) is 35.0 Å². The molecule has 3 saturated heterocycles. The summed E-state index contributed by atoms with van der Waals surface area (Å²) in [5, 5.41) is 14.4. The molecule has 5 aliphatic rings. The molecule has 18 heteroatoms. The molecule has 13 nitrogen and oxygen atoms in total. The summed E-state index contributed by atoms with van der Waals surface area (Å²) < 4.78 is 67.3. The maximum atomic E-state index is 16.0. The molecule has 4 aromatic rings. The number of alkyl halides is 4. The van der Waals surface area contributed by atoms with Crippen molar-refractivity contribution >= 4 is 28.8 Å². The molecule has 5 atom stereocenters. The van der Waals surface area contributed by atoms with E-state index in [1.165, 1.54) is 11.3 Å². The van der Waals surface area contributed by atoms with Crippen LogP contribution in [0.1, 0.15) is 87.1 Å². The maximum Gasteiger partial charge on any atom is 0.253 e. The monoisotopic (exact) mass is 838 g/mol. The zero-order valence-corrected chi connectivity index (χ0v) is 35.0. The second-order valence-corrected chi connectivity index (χ2v) is 18.3. The number of aromatic nitrogens is 7. The summed E-state index contributed by atoms with van der Waals surface area (Å²) in [4.78, 5) is 31.4. The van der Waals surface area contributed by atoms with Crippen LogP contribution in [0, 0.1) is 19.8 Å². The van der Waals surface area contributed by atoms with Crippen LogP contribution in [0.25, 0.3) is 16.8 Å². The fraction of sp³-hybridized carbons (Fsp3) is 0.659. The van der Waals surface area contributed by atoms with Crippen LogP contribution in [-0.2, 0) is 11.2 Å². The first-order valence-electron chi connectivity index (χ1n) is 21.1. The molecular weight excluding hydrogens is 785 g/mol. The summed E-state index contributed by atoms with van der Waals surface area (Å²) in [6, 6.07) is 6.01. The molecule has 318 valence electrons. The number of hydrogen-bond acceptors (Lipinski definition) is 13. The van der Waals surface area contributed by atoms with Crippen LogP contribution < -0.4 is 15.5 Å². The normalized spacial score (nSPS) is 26.7. The molecule has 5 unspecified atom stereocenters. The third-order valence-corrected chi connectivity index (χ3v) is 14.0. The number of piperazine rings is 1. The summed E-state index contributed by atoms with van der Waals surface area (Å²) in [7, 11) is 2.17. The Morgan fingerprint density at radius 3 is 2.31 bits per heavy atom. The van der Waals surface area contributed by atoms with Crippen molar-refractivity contribution in [1.29, 1.82) is 0 Å². The molecule has 0 aromatic carbocycles. The lowest BCUT2D eigenvalue weighted by Crippen LogP contribution is -2.45. The molecule has 5 fully saturated rings. The lowest BCUT2D eigenvalue weighted by molar-refractivity contribution is -0.0879. The molecule has 2 aliphatic carbocycles. The first-order valence-corrected chi connectivity index (χ1v) is 22.0. The molecular formula is C41H54F4N12OS. The number of nitrogens with zero attached hydrogens (tertiary/aromatic N) is 10. The number of thiazole rings is 1. The van der Waals surface area contributed by atoms with Crippen LogP contribution in [-0.4, -0.2) is 127 Å². The minimum Gasteiger partial charge on any atom is -0.379 e. The molecule has 3 aliphatic heterocycles. The van der Waals surface area contributed by atoms with Gasteiger partial charge in [0.1, 0.15) is 17.5 Å². The van der Waals surface area contributed by atoms with Crippen molar-refractivity contribution in [2.24, 2.45) is 5.92 Å². The van der Waals surface area contributed by atoms with Crippen LogP contribution in [0.3, 0.4) is 0 Å². The smallest absolute Gasteiger partial charge is 0.253 e.